The van der Waals surface area contributed by atoms with Crippen LogP contribution in [-0.2, 0) is 30.4 Å². The third-order valence-electron chi connectivity index (χ3n) is 4.54. The van der Waals surface area contributed by atoms with Crippen LogP contribution in [0, 0.1) is 5.92 Å². The van der Waals surface area contributed by atoms with E-state index >= 15 is 0 Å². The second-order valence-electron chi connectivity index (χ2n) is 7.69. The molecule has 1 heterocycles. The summed E-state index contributed by atoms with van der Waals surface area (Å²) < 4.78 is 0. The molecule has 0 aliphatic rings. The van der Waals surface area contributed by atoms with E-state index in [4.69, 9.17) is 10.8 Å². The van der Waals surface area contributed by atoms with E-state index < -0.39 is 66.2 Å². The number of hydrogen-bond acceptors (Lipinski definition) is 7. The predicted octanol–water partition coefficient (Wildman–Crippen LogP) is -1.64. The summed E-state index contributed by atoms with van der Waals surface area (Å²) in [6.07, 6.45) is 2.11. The summed E-state index contributed by atoms with van der Waals surface area (Å²) in [5, 5.41) is 25.5. The Balaban J connectivity index is 3.06. The molecular weight excluding hydrogens is 424 g/mol. The van der Waals surface area contributed by atoms with Crippen molar-refractivity contribution in [3.63, 3.8) is 0 Å². The molecular formula is C19H30N6O7. The average Bonchev–Trinajstić information content (AvgIpc) is 3.20. The topological polar surface area (TPSA) is 217 Å². The Morgan fingerprint density at radius 2 is 1.59 bits per heavy atom. The number of nitrogens with two attached hydrogens (primary N) is 1. The molecule has 0 saturated carbocycles. The number of H-pyrrole nitrogens is 1. The van der Waals surface area contributed by atoms with E-state index in [9.17, 15) is 29.1 Å². The fourth-order valence-corrected chi connectivity index (χ4v) is 2.71. The Labute approximate surface area is 184 Å². The van der Waals surface area contributed by atoms with E-state index in [1.54, 1.807) is 13.8 Å². The minimum absolute atomic E-state index is 0.0467. The van der Waals surface area contributed by atoms with Crippen LogP contribution in [0.2, 0.25) is 0 Å². The average molecular weight is 454 g/mol. The Hall–Kier alpha value is -3.48. The summed E-state index contributed by atoms with van der Waals surface area (Å²) in [6, 6.07) is -4.61. The maximum absolute atomic E-state index is 12.8. The van der Waals surface area contributed by atoms with E-state index in [1.807, 2.05) is 0 Å². The zero-order valence-electron chi connectivity index (χ0n) is 18.1. The zero-order chi connectivity index (χ0) is 24.4. The highest BCUT2D eigenvalue weighted by molar-refractivity contribution is 5.94. The number of carboxylic acids is 2. The van der Waals surface area contributed by atoms with Gasteiger partial charge in [0.2, 0.25) is 17.7 Å². The van der Waals surface area contributed by atoms with Crippen molar-refractivity contribution < 1.29 is 34.2 Å². The molecule has 0 aromatic carbocycles. The number of aromatic amines is 1. The van der Waals surface area contributed by atoms with Gasteiger partial charge in [0, 0.05) is 24.7 Å². The van der Waals surface area contributed by atoms with Crippen LogP contribution >= 0.6 is 0 Å². The normalized spacial score (nSPS) is 14.7. The van der Waals surface area contributed by atoms with Gasteiger partial charge >= 0.3 is 11.9 Å². The Bertz CT molecular complexity index is 809. The molecule has 4 unspecified atom stereocenters. The van der Waals surface area contributed by atoms with Crippen LogP contribution in [0.3, 0.4) is 0 Å². The second kappa shape index (κ2) is 12.4. The SMILES string of the molecule is CC(N)C(=O)NC(CCC(=O)O)C(=O)NC(Cc1cnc[nH]1)C(=O)NC(C(=O)O)C(C)C. The first kappa shape index (κ1) is 26.6. The van der Waals surface area contributed by atoms with Crippen LogP contribution in [0.1, 0.15) is 39.3 Å². The number of aromatic nitrogens is 2. The third kappa shape index (κ3) is 8.71. The summed E-state index contributed by atoms with van der Waals surface area (Å²) in [4.78, 5) is 66.6. The fraction of sp³-hybridized carbons (Fsp3) is 0.579. The van der Waals surface area contributed by atoms with Gasteiger partial charge in [0.15, 0.2) is 0 Å². The molecule has 32 heavy (non-hydrogen) atoms. The van der Waals surface area contributed by atoms with E-state index in [0.29, 0.717) is 5.69 Å². The number of aliphatic carboxylic acids is 2. The highest BCUT2D eigenvalue weighted by atomic mass is 16.4. The van der Waals surface area contributed by atoms with Gasteiger partial charge in [0.25, 0.3) is 0 Å². The van der Waals surface area contributed by atoms with Crippen molar-refractivity contribution in [2.24, 2.45) is 11.7 Å². The lowest BCUT2D eigenvalue weighted by molar-refractivity contribution is -0.143. The van der Waals surface area contributed by atoms with Crippen molar-refractivity contribution in [2.75, 3.05) is 0 Å². The standard InChI is InChI=1S/C19H30N6O7/c1-9(2)15(19(31)32)25-18(30)13(6-11-7-21-8-22-11)24-17(29)12(4-5-14(26)27)23-16(28)10(3)20/h7-10,12-13,15H,4-6,20H2,1-3H3,(H,21,22)(H,23,28)(H,24,29)(H,25,30)(H,26,27)(H,31,32). The van der Waals surface area contributed by atoms with Crippen molar-refractivity contribution >= 4 is 29.7 Å². The number of hydrogen-bond donors (Lipinski definition) is 7. The van der Waals surface area contributed by atoms with Crippen molar-refractivity contribution in [3.05, 3.63) is 18.2 Å². The molecule has 3 amide bonds. The minimum atomic E-state index is -1.26. The highest BCUT2D eigenvalue weighted by Crippen LogP contribution is 2.06. The van der Waals surface area contributed by atoms with Crippen LogP contribution in [0.25, 0.3) is 0 Å². The molecule has 0 saturated heterocycles. The number of amides is 3. The number of rotatable bonds is 13. The molecule has 13 heteroatoms. The zero-order valence-corrected chi connectivity index (χ0v) is 18.1. The second-order valence-corrected chi connectivity index (χ2v) is 7.69. The third-order valence-corrected chi connectivity index (χ3v) is 4.54. The van der Waals surface area contributed by atoms with E-state index in [1.165, 1.54) is 19.4 Å². The molecule has 0 radical (unpaired) electrons. The van der Waals surface area contributed by atoms with Crippen molar-refractivity contribution in [1.29, 1.82) is 0 Å². The molecule has 0 aliphatic heterocycles. The summed E-state index contributed by atoms with van der Waals surface area (Å²) in [5.41, 5.74) is 5.99. The van der Waals surface area contributed by atoms with Gasteiger partial charge in [0.05, 0.1) is 12.4 Å². The smallest absolute Gasteiger partial charge is 0.326 e. The van der Waals surface area contributed by atoms with Crippen LogP contribution < -0.4 is 21.7 Å². The van der Waals surface area contributed by atoms with Gasteiger partial charge in [0.1, 0.15) is 18.1 Å². The largest absolute Gasteiger partial charge is 0.481 e. The Kier molecular flexibility index (Phi) is 10.3. The molecule has 0 aliphatic carbocycles. The fourth-order valence-electron chi connectivity index (χ4n) is 2.71. The maximum Gasteiger partial charge on any atom is 0.326 e. The van der Waals surface area contributed by atoms with Crippen LogP contribution in [-0.4, -0.2) is 74.0 Å². The van der Waals surface area contributed by atoms with Crippen LogP contribution in [0.15, 0.2) is 12.5 Å². The quantitative estimate of drug-likeness (QED) is 0.181. The molecule has 4 atom stereocenters. The molecule has 178 valence electrons. The first-order valence-electron chi connectivity index (χ1n) is 10.0. The lowest BCUT2D eigenvalue weighted by Crippen LogP contribution is -2.58. The molecule has 0 spiro atoms. The van der Waals surface area contributed by atoms with Gasteiger partial charge in [-0.1, -0.05) is 13.8 Å². The van der Waals surface area contributed by atoms with Crippen molar-refractivity contribution in [1.82, 2.24) is 25.9 Å². The van der Waals surface area contributed by atoms with E-state index in [0.717, 1.165) is 0 Å². The molecule has 1 aromatic rings. The monoisotopic (exact) mass is 454 g/mol. The molecule has 0 fully saturated rings. The molecule has 0 bridgehead atoms. The van der Waals surface area contributed by atoms with Crippen LogP contribution in [0.4, 0.5) is 0 Å². The number of nitrogens with zero attached hydrogens (tertiary/aromatic N) is 1. The van der Waals surface area contributed by atoms with Gasteiger partial charge in [-0.05, 0) is 19.3 Å². The van der Waals surface area contributed by atoms with Gasteiger partial charge in [-0.2, -0.15) is 0 Å². The van der Waals surface area contributed by atoms with Crippen molar-refractivity contribution in [2.45, 2.75) is 64.2 Å². The minimum Gasteiger partial charge on any atom is -0.481 e. The lowest BCUT2D eigenvalue weighted by atomic mass is 10.0. The molecule has 1 rings (SSSR count). The molecule has 13 nitrogen and oxygen atoms in total. The lowest BCUT2D eigenvalue weighted by Gasteiger charge is -2.25. The Morgan fingerprint density at radius 3 is 2.06 bits per heavy atom. The van der Waals surface area contributed by atoms with E-state index in [2.05, 4.69) is 25.9 Å². The van der Waals surface area contributed by atoms with E-state index in [-0.39, 0.29) is 12.8 Å². The number of carboxylic acid groups (broad SMARTS) is 2. The van der Waals surface area contributed by atoms with Crippen LogP contribution in [0.5, 0.6) is 0 Å². The van der Waals surface area contributed by atoms with Gasteiger partial charge in [-0.25, -0.2) is 9.78 Å². The number of nitrogens with one attached hydrogen (secondary N) is 4. The number of carbonyl (C=O) groups excluding carboxylic acids is 3. The first-order chi connectivity index (χ1) is 14.9. The Morgan fingerprint density at radius 1 is 1.00 bits per heavy atom. The summed E-state index contributed by atoms with van der Waals surface area (Å²) >= 11 is 0. The van der Waals surface area contributed by atoms with Gasteiger partial charge in [-0.15, -0.1) is 0 Å². The summed E-state index contributed by atoms with van der Waals surface area (Å²) in [7, 11) is 0. The summed E-state index contributed by atoms with van der Waals surface area (Å²) in [6.45, 7) is 4.63. The highest BCUT2D eigenvalue weighted by Gasteiger charge is 2.31. The van der Waals surface area contributed by atoms with Crippen molar-refractivity contribution in [3.8, 4) is 0 Å². The predicted molar refractivity (Wildman–Crippen MR) is 111 cm³/mol. The number of imidazole rings is 1. The first-order valence-corrected chi connectivity index (χ1v) is 10.0. The van der Waals surface area contributed by atoms with Gasteiger partial charge < -0.3 is 36.9 Å². The number of carbonyl (C=O) groups is 5. The molecule has 8 N–H and O–H groups in total. The summed E-state index contributed by atoms with van der Waals surface area (Å²) in [5.74, 6) is -5.07. The molecule has 1 aromatic heterocycles. The van der Waals surface area contributed by atoms with Gasteiger partial charge in [-0.3, -0.25) is 19.2 Å². The maximum atomic E-state index is 12.8.